The molecule has 0 spiro atoms. The first-order valence-electron chi connectivity index (χ1n) is 8.48. The van der Waals surface area contributed by atoms with Crippen LogP contribution in [0.1, 0.15) is 52.5 Å². The average Bonchev–Trinajstić information content (AvgIpc) is 2.45. The Labute approximate surface area is 135 Å². The van der Waals surface area contributed by atoms with E-state index in [1.54, 1.807) is 0 Å². The number of nitrogens with zero attached hydrogens (tertiary/aromatic N) is 1. The van der Waals surface area contributed by atoms with Crippen LogP contribution < -0.4 is 5.32 Å². The maximum atomic E-state index is 12.3. The maximum Gasteiger partial charge on any atom is 0.225 e. The monoisotopic (exact) mass is 302 g/mol. The Balaban J connectivity index is 1.90. The van der Waals surface area contributed by atoms with Gasteiger partial charge in [0.15, 0.2) is 0 Å². The topological polar surface area (TPSA) is 32.3 Å². The van der Waals surface area contributed by atoms with E-state index in [0.29, 0.717) is 6.42 Å². The summed E-state index contributed by atoms with van der Waals surface area (Å²) in [5.74, 6) is 0.883. The lowest BCUT2D eigenvalue weighted by molar-refractivity contribution is -0.116. The first-order valence-corrected chi connectivity index (χ1v) is 8.48. The van der Waals surface area contributed by atoms with Gasteiger partial charge in [-0.1, -0.05) is 45.9 Å². The molecular weight excluding hydrogens is 272 g/mol. The molecule has 0 aromatic heterocycles. The molecule has 1 fully saturated rings. The summed E-state index contributed by atoms with van der Waals surface area (Å²) in [6, 6.07) is 8.12. The summed E-state index contributed by atoms with van der Waals surface area (Å²) >= 11 is 0. The average molecular weight is 302 g/mol. The van der Waals surface area contributed by atoms with E-state index in [1.807, 2.05) is 18.2 Å². The molecule has 1 aliphatic heterocycles. The van der Waals surface area contributed by atoms with Crippen molar-refractivity contribution in [2.75, 3.05) is 25.0 Å². The highest BCUT2D eigenvalue weighted by atomic mass is 16.1. The minimum Gasteiger partial charge on any atom is -0.326 e. The van der Waals surface area contributed by atoms with Gasteiger partial charge < -0.3 is 10.2 Å². The van der Waals surface area contributed by atoms with Gasteiger partial charge in [0.05, 0.1) is 0 Å². The van der Waals surface area contributed by atoms with E-state index in [9.17, 15) is 4.79 Å². The molecule has 1 amide bonds. The molecule has 1 unspecified atom stereocenters. The highest BCUT2D eigenvalue weighted by Crippen LogP contribution is 2.29. The van der Waals surface area contributed by atoms with Crippen molar-refractivity contribution >= 4 is 11.6 Å². The van der Waals surface area contributed by atoms with Crippen molar-refractivity contribution in [3.63, 3.8) is 0 Å². The highest BCUT2D eigenvalue weighted by Gasteiger charge is 2.20. The van der Waals surface area contributed by atoms with Crippen LogP contribution in [-0.4, -0.2) is 30.4 Å². The summed E-state index contributed by atoms with van der Waals surface area (Å²) in [7, 11) is 0. The Morgan fingerprint density at radius 1 is 1.32 bits per heavy atom. The molecule has 1 aliphatic rings. The molecule has 1 heterocycles. The number of carbonyl (C=O) groups is 1. The van der Waals surface area contributed by atoms with Crippen LogP contribution in [0.4, 0.5) is 5.69 Å². The Kier molecular flexibility index (Phi) is 5.63. The van der Waals surface area contributed by atoms with Crippen LogP contribution in [0.3, 0.4) is 0 Å². The largest absolute Gasteiger partial charge is 0.326 e. The summed E-state index contributed by atoms with van der Waals surface area (Å²) in [6.45, 7) is 12.0. The molecule has 1 N–H and O–H groups in total. The second-order valence-electron chi connectivity index (χ2n) is 7.64. The van der Waals surface area contributed by atoms with Crippen LogP contribution in [0.25, 0.3) is 0 Å². The van der Waals surface area contributed by atoms with Gasteiger partial charge in [0.1, 0.15) is 0 Å². The van der Waals surface area contributed by atoms with Crippen LogP contribution in [-0.2, 0) is 10.2 Å². The zero-order valence-electron chi connectivity index (χ0n) is 14.5. The number of rotatable bonds is 4. The van der Waals surface area contributed by atoms with Crippen LogP contribution >= 0.6 is 0 Å². The minimum atomic E-state index is 0.0339. The smallest absolute Gasteiger partial charge is 0.225 e. The number of para-hydroxylation sites is 1. The summed E-state index contributed by atoms with van der Waals surface area (Å²) in [4.78, 5) is 14.7. The van der Waals surface area contributed by atoms with Crippen LogP contribution in [0.2, 0.25) is 0 Å². The molecule has 2 rings (SSSR count). The third-order valence-electron chi connectivity index (χ3n) is 4.41. The standard InChI is InChI=1S/C19H30N2O/c1-15-8-7-12-21(14-15)13-11-18(22)20-17-10-6-5-9-16(17)19(2,3)4/h5-6,9-10,15H,7-8,11-14H2,1-4H3,(H,20,22). The van der Waals surface area contributed by atoms with Crippen LogP contribution in [0, 0.1) is 5.92 Å². The third-order valence-corrected chi connectivity index (χ3v) is 4.41. The van der Waals surface area contributed by atoms with E-state index < -0.39 is 0 Å². The van der Waals surface area contributed by atoms with E-state index in [4.69, 9.17) is 0 Å². The molecule has 0 radical (unpaired) electrons. The molecule has 22 heavy (non-hydrogen) atoms. The number of piperidine rings is 1. The van der Waals surface area contributed by atoms with Gasteiger partial charge in [-0.2, -0.15) is 0 Å². The first-order chi connectivity index (χ1) is 10.4. The van der Waals surface area contributed by atoms with Gasteiger partial charge in [-0.3, -0.25) is 4.79 Å². The number of likely N-dealkylation sites (tertiary alicyclic amines) is 1. The molecular formula is C19H30N2O. The summed E-state index contributed by atoms with van der Waals surface area (Å²) < 4.78 is 0. The van der Waals surface area contributed by atoms with E-state index in [2.05, 4.69) is 44.0 Å². The first kappa shape index (κ1) is 17.0. The summed E-state index contributed by atoms with van der Waals surface area (Å²) in [5.41, 5.74) is 2.17. The lowest BCUT2D eigenvalue weighted by Crippen LogP contribution is -2.36. The van der Waals surface area contributed by atoms with Crippen molar-refractivity contribution in [3.05, 3.63) is 29.8 Å². The Morgan fingerprint density at radius 2 is 2.05 bits per heavy atom. The Bertz CT molecular complexity index is 504. The number of hydrogen-bond donors (Lipinski definition) is 1. The van der Waals surface area contributed by atoms with Crippen molar-refractivity contribution in [1.82, 2.24) is 4.90 Å². The van der Waals surface area contributed by atoms with Crippen molar-refractivity contribution in [3.8, 4) is 0 Å². The molecule has 1 aromatic rings. The van der Waals surface area contributed by atoms with E-state index >= 15 is 0 Å². The van der Waals surface area contributed by atoms with E-state index in [0.717, 1.165) is 31.2 Å². The van der Waals surface area contributed by atoms with Gasteiger partial charge >= 0.3 is 0 Å². The second-order valence-corrected chi connectivity index (χ2v) is 7.64. The predicted octanol–water partition coefficient (Wildman–Crippen LogP) is 4.04. The lowest BCUT2D eigenvalue weighted by Gasteiger charge is -2.30. The zero-order valence-corrected chi connectivity index (χ0v) is 14.5. The maximum absolute atomic E-state index is 12.3. The fourth-order valence-electron chi connectivity index (χ4n) is 3.21. The zero-order chi connectivity index (χ0) is 16.2. The van der Waals surface area contributed by atoms with E-state index in [-0.39, 0.29) is 11.3 Å². The molecule has 1 aromatic carbocycles. The van der Waals surface area contributed by atoms with Gasteiger partial charge in [0.2, 0.25) is 5.91 Å². The molecule has 122 valence electrons. The molecule has 0 saturated carbocycles. The predicted molar refractivity (Wildman–Crippen MR) is 93.2 cm³/mol. The molecule has 1 saturated heterocycles. The van der Waals surface area contributed by atoms with Crippen molar-refractivity contribution in [2.24, 2.45) is 5.92 Å². The van der Waals surface area contributed by atoms with Crippen molar-refractivity contribution in [1.29, 1.82) is 0 Å². The van der Waals surface area contributed by atoms with Crippen LogP contribution in [0.15, 0.2) is 24.3 Å². The van der Waals surface area contributed by atoms with Crippen LogP contribution in [0.5, 0.6) is 0 Å². The normalized spacial score (nSPS) is 19.9. The number of amides is 1. The fourth-order valence-corrected chi connectivity index (χ4v) is 3.21. The lowest BCUT2D eigenvalue weighted by atomic mass is 9.86. The number of nitrogens with one attached hydrogen (secondary N) is 1. The SMILES string of the molecule is CC1CCCN(CCC(=O)Nc2ccccc2C(C)(C)C)C1. The summed E-state index contributed by atoms with van der Waals surface area (Å²) in [5, 5.41) is 3.10. The highest BCUT2D eigenvalue weighted by molar-refractivity contribution is 5.91. The molecule has 3 nitrogen and oxygen atoms in total. The Hall–Kier alpha value is -1.35. The van der Waals surface area contributed by atoms with Gasteiger partial charge in [0.25, 0.3) is 0 Å². The summed E-state index contributed by atoms with van der Waals surface area (Å²) in [6.07, 6.45) is 3.16. The fraction of sp³-hybridized carbons (Fsp3) is 0.632. The third kappa shape index (κ3) is 4.84. The molecule has 1 atom stereocenters. The second kappa shape index (κ2) is 7.28. The molecule has 3 heteroatoms. The van der Waals surface area contributed by atoms with Crippen molar-refractivity contribution < 1.29 is 4.79 Å². The molecule has 0 bridgehead atoms. The quantitative estimate of drug-likeness (QED) is 0.910. The van der Waals surface area contributed by atoms with Gasteiger partial charge in [-0.05, 0) is 42.3 Å². The van der Waals surface area contributed by atoms with Gasteiger partial charge in [-0.25, -0.2) is 0 Å². The minimum absolute atomic E-state index is 0.0339. The number of hydrogen-bond acceptors (Lipinski definition) is 2. The molecule has 0 aliphatic carbocycles. The van der Waals surface area contributed by atoms with E-state index in [1.165, 1.54) is 18.4 Å². The van der Waals surface area contributed by atoms with Gasteiger partial charge in [0, 0.05) is 25.2 Å². The number of carbonyl (C=O) groups excluding carboxylic acids is 1. The Morgan fingerprint density at radius 3 is 2.73 bits per heavy atom. The van der Waals surface area contributed by atoms with Crippen molar-refractivity contribution in [2.45, 2.75) is 52.4 Å². The number of anilines is 1. The number of benzene rings is 1. The van der Waals surface area contributed by atoms with Gasteiger partial charge in [-0.15, -0.1) is 0 Å².